The first-order valence-electron chi connectivity index (χ1n) is 7.55. The van der Waals surface area contributed by atoms with Crippen molar-refractivity contribution in [2.45, 2.75) is 6.92 Å². The summed E-state index contributed by atoms with van der Waals surface area (Å²) in [5.74, 6) is 1.45. The number of hydrogen-bond acceptors (Lipinski definition) is 7. The number of allylic oxidation sites excluding steroid dienone is 3. The van der Waals surface area contributed by atoms with Gasteiger partial charge in [-0.15, -0.1) is 11.3 Å². The van der Waals surface area contributed by atoms with Crippen LogP contribution >= 0.6 is 33.9 Å². The molecule has 3 heterocycles. The number of fused-ring (bicyclic) bond motifs is 1. The van der Waals surface area contributed by atoms with Crippen molar-refractivity contribution in [3.05, 3.63) is 33.3 Å². The lowest BCUT2D eigenvalue weighted by molar-refractivity contribution is 0.122. The van der Waals surface area contributed by atoms with Crippen molar-refractivity contribution in [1.29, 1.82) is 0 Å². The number of aromatic nitrogens is 2. The molecule has 1 N–H and O–H groups in total. The minimum atomic E-state index is 0.505. The average molecular weight is 455 g/mol. The first-order valence-corrected chi connectivity index (χ1v) is 9.45. The normalized spacial score (nSPS) is 16.1. The predicted molar refractivity (Wildman–Crippen MR) is 109 cm³/mol. The van der Waals surface area contributed by atoms with Gasteiger partial charge in [-0.3, -0.25) is 0 Å². The summed E-state index contributed by atoms with van der Waals surface area (Å²) in [5, 5.41) is 5.29. The van der Waals surface area contributed by atoms with E-state index >= 15 is 0 Å². The zero-order valence-electron chi connectivity index (χ0n) is 13.3. The van der Waals surface area contributed by atoms with Gasteiger partial charge in [-0.05, 0) is 41.2 Å². The summed E-state index contributed by atoms with van der Waals surface area (Å²) in [7, 11) is 0. The van der Waals surface area contributed by atoms with Crippen molar-refractivity contribution in [1.82, 2.24) is 9.97 Å². The quantitative estimate of drug-likeness (QED) is 0.323. The number of anilines is 2. The summed E-state index contributed by atoms with van der Waals surface area (Å²) in [5.41, 5.74) is 3.93. The van der Waals surface area contributed by atoms with Gasteiger partial charge in [0.2, 0.25) is 5.95 Å². The molecule has 1 aliphatic heterocycles. The van der Waals surface area contributed by atoms with Crippen molar-refractivity contribution in [3.63, 3.8) is 0 Å². The number of hydrazone groups is 1. The van der Waals surface area contributed by atoms with Crippen LogP contribution < -0.4 is 10.3 Å². The fourth-order valence-electron chi connectivity index (χ4n) is 2.36. The van der Waals surface area contributed by atoms with Gasteiger partial charge in [0, 0.05) is 13.1 Å². The third kappa shape index (κ3) is 4.11. The molecule has 24 heavy (non-hydrogen) atoms. The molecule has 1 fully saturated rings. The number of morpholine rings is 1. The Labute approximate surface area is 158 Å². The van der Waals surface area contributed by atoms with E-state index in [-0.39, 0.29) is 0 Å². The third-order valence-corrected chi connectivity index (χ3v) is 5.26. The Kier molecular flexibility index (Phi) is 5.80. The van der Waals surface area contributed by atoms with Gasteiger partial charge < -0.3 is 9.64 Å². The summed E-state index contributed by atoms with van der Waals surface area (Å²) < 4.78 is 6.64. The van der Waals surface area contributed by atoms with Gasteiger partial charge in [-0.1, -0.05) is 18.7 Å². The maximum atomic E-state index is 5.45. The van der Waals surface area contributed by atoms with Crippen LogP contribution in [0.5, 0.6) is 0 Å². The fraction of sp³-hybridized carbons (Fsp3) is 0.312. The largest absolute Gasteiger partial charge is 0.378 e. The van der Waals surface area contributed by atoms with Crippen LogP contribution in [-0.2, 0) is 4.74 Å². The van der Waals surface area contributed by atoms with Gasteiger partial charge in [0.1, 0.15) is 10.6 Å². The summed E-state index contributed by atoms with van der Waals surface area (Å²) in [6, 6.07) is 2.13. The van der Waals surface area contributed by atoms with Gasteiger partial charge in [0.25, 0.3) is 0 Å². The highest BCUT2D eigenvalue weighted by atomic mass is 127. The molecule has 126 valence electrons. The molecular formula is C16H18IN5OS. The number of rotatable bonds is 5. The Hall–Kier alpha value is -1.52. The Morgan fingerprint density at radius 3 is 3.00 bits per heavy atom. The minimum absolute atomic E-state index is 0.505. The van der Waals surface area contributed by atoms with Gasteiger partial charge in [0.15, 0.2) is 0 Å². The standard InChI is InChI=1S/C16H18IN5OS/c1-3-4-11(2)10-18-21-16-19-14(22-5-7-23-8-6-22)12-9-13(17)24-15(12)20-16/h3-4,9-10H,1,5-8H2,2H3,(H,19,20,21)/b11-4+,18-10+. The molecule has 0 spiro atoms. The van der Waals surface area contributed by atoms with Gasteiger partial charge in [-0.2, -0.15) is 10.1 Å². The molecule has 2 aromatic rings. The average Bonchev–Trinajstić information content (AvgIpc) is 2.95. The summed E-state index contributed by atoms with van der Waals surface area (Å²) in [4.78, 5) is 12.5. The lowest BCUT2D eigenvalue weighted by Gasteiger charge is -2.28. The molecule has 6 nitrogen and oxygen atoms in total. The fourth-order valence-corrected chi connectivity index (χ4v) is 4.05. The van der Waals surface area contributed by atoms with Crippen LogP contribution in [-0.4, -0.2) is 42.5 Å². The van der Waals surface area contributed by atoms with E-state index in [1.807, 2.05) is 13.0 Å². The first-order chi connectivity index (χ1) is 11.7. The molecule has 0 amide bonds. The van der Waals surface area contributed by atoms with Crippen molar-refractivity contribution >= 4 is 62.1 Å². The highest BCUT2D eigenvalue weighted by molar-refractivity contribution is 14.1. The van der Waals surface area contributed by atoms with E-state index in [9.17, 15) is 0 Å². The number of nitrogens with zero attached hydrogens (tertiary/aromatic N) is 4. The number of thiophene rings is 1. The van der Waals surface area contributed by atoms with Crippen LogP contribution in [0.25, 0.3) is 10.2 Å². The molecule has 0 aliphatic carbocycles. The smallest absolute Gasteiger partial charge is 0.246 e. The van der Waals surface area contributed by atoms with E-state index in [4.69, 9.17) is 4.74 Å². The summed E-state index contributed by atoms with van der Waals surface area (Å²) in [6.45, 7) is 8.74. The first kappa shape index (κ1) is 17.3. The highest BCUT2D eigenvalue weighted by Gasteiger charge is 2.18. The molecule has 3 rings (SSSR count). The highest BCUT2D eigenvalue weighted by Crippen LogP contribution is 2.33. The molecule has 0 atom stereocenters. The molecule has 0 unspecified atom stereocenters. The van der Waals surface area contributed by atoms with Crippen LogP contribution in [0, 0.1) is 2.88 Å². The van der Waals surface area contributed by atoms with E-state index in [1.54, 1.807) is 23.6 Å². The van der Waals surface area contributed by atoms with Crippen LogP contribution in [0.3, 0.4) is 0 Å². The number of hydrogen-bond donors (Lipinski definition) is 1. The van der Waals surface area contributed by atoms with Gasteiger partial charge >= 0.3 is 0 Å². The third-order valence-electron chi connectivity index (χ3n) is 3.47. The Morgan fingerprint density at radius 1 is 1.46 bits per heavy atom. The van der Waals surface area contributed by atoms with Crippen molar-refractivity contribution in [3.8, 4) is 0 Å². The zero-order valence-corrected chi connectivity index (χ0v) is 16.3. The molecule has 0 aromatic carbocycles. The van der Waals surface area contributed by atoms with Crippen molar-refractivity contribution in [2.75, 3.05) is 36.6 Å². The molecule has 0 saturated carbocycles. The Morgan fingerprint density at radius 2 is 2.25 bits per heavy atom. The maximum Gasteiger partial charge on any atom is 0.246 e. The molecule has 1 saturated heterocycles. The van der Waals surface area contributed by atoms with E-state index < -0.39 is 0 Å². The lowest BCUT2D eigenvalue weighted by atomic mass is 10.3. The van der Waals surface area contributed by atoms with E-state index in [1.165, 1.54) is 2.88 Å². The van der Waals surface area contributed by atoms with Crippen LogP contribution in [0.4, 0.5) is 11.8 Å². The number of halogens is 1. The molecule has 1 aliphatic rings. The monoisotopic (exact) mass is 455 g/mol. The van der Waals surface area contributed by atoms with Gasteiger partial charge in [0.05, 0.1) is 27.7 Å². The Balaban J connectivity index is 1.91. The van der Waals surface area contributed by atoms with Crippen molar-refractivity contribution in [2.24, 2.45) is 5.10 Å². The van der Waals surface area contributed by atoms with Crippen LogP contribution in [0.15, 0.2) is 35.5 Å². The van der Waals surface area contributed by atoms with Crippen molar-refractivity contribution < 1.29 is 4.74 Å². The SMILES string of the molecule is C=C/C=C(C)/C=N/Nc1nc(N2CCOCC2)c2cc(I)sc2n1. The topological polar surface area (TPSA) is 62.6 Å². The maximum absolute atomic E-state index is 5.45. The zero-order chi connectivity index (χ0) is 16.9. The summed E-state index contributed by atoms with van der Waals surface area (Å²) in [6.07, 6.45) is 5.34. The lowest BCUT2D eigenvalue weighted by Crippen LogP contribution is -2.37. The summed E-state index contributed by atoms with van der Waals surface area (Å²) >= 11 is 3.97. The second-order valence-electron chi connectivity index (χ2n) is 5.26. The minimum Gasteiger partial charge on any atom is -0.378 e. The van der Waals surface area contributed by atoms with E-state index in [2.05, 4.69) is 60.6 Å². The number of nitrogens with one attached hydrogen (secondary N) is 1. The van der Waals surface area contributed by atoms with Crippen LogP contribution in [0.1, 0.15) is 6.92 Å². The molecule has 2 aromatic heterocycles. The molecule has 0 radical (unpaired) electrons. The Bertz CT molecular complexity index is 795. The van der Waals surface area contributed by atoms with E-state index in [0.29, 0.717) is 5.95 Å². The molecule has 8 heteroatoms. The second kappa shape index (κ2) is 8.04. The van der Waals surface area contributed by atoms with E-state index in [0.717, 1.165) is 47.9 Å². The number of ether oxygens (including phenoxy) is 1. The van der Waals surface area contributed by atoms with Gasteiger partial charge in [-0.25, -0.2) is 10.4 Å². The van der Waals surface area contributed by atoms with Crippen LogP contribution in [0.2, 0.25) is 0 Å². The molecular weight excluding hydrogens is 437 g/mol. The second-order valence-corrected chi connectivity index (χ2v) is 8.18. The molecule has 0 bridgehead atoms. The predicted octanol–water partition coefficient (Wildman–Crippen LogP) is 3.66.